The van der Waals surface area contributed by atoms with E-state index in [1.807, 2.05) is 0 Å². The minimum atomic E-state index is -4.19. The van der Waals surface area contributed by atoms with Gasteiger partial charge in [0.25, 0.3) is 5.91 Å². The second kappa shape index (κ2) is 6.53. The van der Waals surface area contributed by atoms with Gasteiger partial charge in [-0.05, 0) is 24.1 Å². The van der Waals surface area contributed by atoms with Gasteiger partial charge in [0.2, 0.25) is 9.84 Å². The van der Waals surface area contributed by atoms with Gasteiger partial charge < -0.3 is 10.4 Å². The fourth-order valence-corrected chi connectivity index (χ4v) is 3.03. The summed E-state index contributed by atoms with van der Waals surface area (Å²) in [6.45, 7) is 7.05. The van der Waals surface area contributed by atoms with Crippen LogP contribution in [0.4, 0.5) is 0 Å². The summed E-state index contributed by atoms with van der Waals surface area (Å²) in [6, 6.07) is 2.83. The Morgan fingerprint density at radius 2 is 2.05 bits per heavy atom. The molecule has 2 N–H and O–H groups in total. The first-order valence-electron chi connectivity index (χ1n) is 6.26. The molecule has 1 aromatic rings. The lowest BCUT2D eigenvalue weighted by atomic mass is 10.2. The van der Waals surface area contributed by atoms with Crippen molar-refractivity contribution in [2.45, 2.75) is 25.3 Å². The first kappa shape index (κ1) is 16.9. The zero-order valence-corrected chi connectivity index (χ0v) is 13.0. The summed E-state index contributed by atoms with van der Waals surface area (Å²) in [5.74, 6) is -1.37. The van der Waals surface area contributed by atoms with Crippen LogP contribution in [-0.2, 0) is 14.6 Å². The Labute approximate surface area is 124 Å². The number of hydrogen-bond acceptors (Lipinski definition) is 5. The first-order chi connectivity index (χ1) is 9.75. The predicted octanol–water partition coefficient (Wildman–Crippen LogP) is 1.81. The van der Waals surface area contributed by atoms with E-state index in [2.05, 4.69) is 16.9 Å². The van der Waals surface area contributed by atoms with Crippen LogP contribution in [0.15, 0.2) is 40.6 Å². The van der Waals surface area contributed by atoms with E-state index in [0.29, 0.717) is 5.56 Å². The number of sulfone groups is 1. The number of carbonyl (C=O) groups excluding carboxylic acids is 1. The molecule has 0 aliphatic heterocycles. The van der Waals surface area contributed by atoms with Crippen LogP contribution in [0.3, 0.4) is 0 Å². The zero-order valence-electron chi connectivity index (χ0n) is 12.2. The molecular weight excluding hydrogens is 292 g/mol. The van der Waals surface area contributed by atoms with E-state index in [9.17, 15) is 18.3 Å². The van der Waals surface area contributed by atoms with Crippen molar-refractivity contribution in [2.24, 2.45) is 0 Å². The Balaban J connectivity index is 3.43. The van der Waals surface area contributed by atoms with E-state index in [-0.39, 0.29) is 11.4 Å². The standard InChI is InChI=1S/C14H18N2O4S/c1-5-11(17)13(14(18)15-4)21(19,20)12-7-6-10(8-16-12)9(2)3/h6-8,17H,2,5H2,1,3-4H3,(H,15,18)/b13-11-. The molecule has 1 amide bonds. The van der Waals surface area contributed by atoms with E-state index in [0.717, 1.165) is 5.57 Å². The van der Waals surface area contributed by atoms with Gasteiger partial charge >= 0.3 is 0 Å². The Bertz CT molecular complexity index is 688. The fraction of sp³-hybridized carbons (Fsp3) is 0.286. The van der Waals surface area contributed by atoms with Crippen LogP contribution < -0.4 is 5.32 Å². The molecule has 0 atom stereocenters. The average molecular weight is 310 g/mol. The lowest BCUT2D eigenvalue weighted by Gasteiger charge is -2.10. The van der Waals surface area contributed by atoms with Crippen LogP contribution in [0.2, 0.25) is 0 Å². The lowest BCUT2D eigenvalue weighted by molar-refractivity contribution is -0.116. The molecule has 0 saturated heterocycles. The summed E-state index contributed by atoms with van der Waals surface area (Å²) in [6.07, 6.45) is 1.38. The molecule has 21 heavy (non-hydrogen) atoms. The zero-order chi connectivity index (χ0) is 16.2. The van der Waals surface area contributed by atoms with Crippen molar-refractivity contribution in [1.82, 2.24) is 10.3 Å². The molecule has 1 heterocycles. The number of aliphatic hydroxyl groups is 1. The van der Waals surface area contributed by atoms with Crippen molar-refractivity contribution in [3.8, 4) is 0 Å². The summed E-state index contributed by atoms with van der Waals surface area (Å²) in [5, 5.41) is 11.7. The van der Waals surface area contributed by atoms with Gasteiger partial charge in [-0.3, -0.25) is 4.79 Å². The number of likely N-dealkylation sites (N-methyl/N-ethyl adjacent to an activating group) is 1. The summed E-state index contributed by atoms with van der Waals surface area (Å²) in [5.41, 5.74) is 1.43. The summed E-state index contributed by atoms with van der Waals surface area (Å²) >= 11 is 0. The molecule has 0 bridgehead atoms. The minimum absolute atomic E-state index is 0.0197. The van der Waals surface area contributed by atoms with Gasteiger partial charge in [0.05, 0.1) is 0 Å². The van der Waals surface area contributed by atoms with E-state index in [1.54, 1.807) is 19.9 Å². The van der Waals surface area contributed by atoms with Crippen molar-refractivity contribution in [2.75, 3.05) is 7.05 Å². The molecule has 1 aromatic heterocycles. The third kappa shape index (κ3) is 3.49. The molecule has 0 aliphatic carbocycles. The number of nitrogens with zero attached hydrogens (tertiary/aromatic N) is 1. The number of pyridine rings is 1. The number of allylic oxidation sites excluding steroid dienone is 2. The second-order valence-electron chi connectivity index (χ2n) is 4.38. The highest BCUT2D eigenvalue weighted by molar-refractivity contribution is 7.96. The molecule has 7 heteroatoms. The Kier molecular flexibility index (Phi) is 5.26. The quantitative estimate of drug-likeness (QED) is 0.638. The number of rotatable bonds is 5. The van der Waals surface area contributed by atoms with Crippen LogP contribution >= 0.6 is 0 Å². The maximum absolute atomic E-state index is 12.5. The fourth-order valence-electron chi connectivity index (χ4n) is 1.58. The van der Waals surface area contributed by atoms with E-state index in [1.165, 1.54) is 19.3 Å². The number of amides is 1. The van der Waals surface area contributed by atoms with Crippen LogP contribution in [0, 0.1) is 0 Å². The molecule has 6 nitrogen and oxygen atoms in total. The smallest absolute Gasteiger partial charge is 0.266 e. The van der Waals surface area contributed by atoms with Crippen molar-refractivity contribution >= 4 is 21.3 Å². The number of aliphatic hydroxyl groups excluding tert-OH is 1. The number of nitrogens with one attached hydrogen (secondary N) is 1. The highest BCUT2D eigenvalue weighted by Gasteiger charge is 2.31. The van der Waals surface area contributed by atoms with Crippen LogP contribution in [0.25, 0.3) is 5.57 Å². The van der Waals surface area contributed by atoms with Gasteiger partial charge in [-0.25, -0.2) is 13.4 Å². The third-order valence-electron chi connectivity index (χ3n) is 2.80. The molecule has 0 saturated carbocycles. The molecule has 114 valence electrons. The van der Waals surface area contributed by atoms with Crippen LogP contribution in [-0.4, -0.2) is 31.5 Å². The minimum Gasteiger partial charge on any atom is -0.511 e. The van der Waals surface area contributed by atoms with Crippen molar-refractivity contribution < 1.29 is 18.3 Å². The highest BCUT2D eigenvalue weighted by Crippen LogP contribution is 2.22. The van der Waals surface area contributed by atoms with Gasteiger partial charge in [-0.2, -0.15) is 0 Å². The molecule has 0 fully saturated rings. The Morgan fingerprint density at radius 1 is 1.43 bits per heavy atom. The number of hydrogen-bond donors (Lipinski definition) is 2. The molecule has 0 aromatic carbocycles. The summed E-state index contributed by atoms with van der Waals surface area (Å²) in [7, 11) is -2.90. The Hall–Kier alpha value is -2.15. The molecule has 1 rings (SSSR count). The number of aromatic nitrogens is 1. The van der Waals surface area contributed by atoms with Gasteiger partial charge in [-0.1, -0.05) is 19.6 Å². The Morgan fingerprint density at radius 3 is 2.43 bits per heavy atom. The van der Waals surface area contributed by atoms with Gasteiger partial charge in [0.15, 0.2) is 9.93 Å². The van der Waals surface area contributed by atoms with Crippen molar-refractivity contribution in [3.05, 3.63) is 41.1 Å². The average Bonchev–Trinajstić information content (AvgIpc) is 2.46. The molecule has 0 radical (unpaired) electrons. The van der Waals surface area contributed by atoms with Crippen molar-refractivity contribution in [3.63, 3.8) is 0 Å². The van der Waals surface area contributed by atoms with E-state index in [4.69, 9.17) is 0 Å². The van der Waals surface area contributed by atoms with Crippen LogP contribution in [0.1, 0.15) is 25.8 Å². The second-order valence-corrected chi connectivity index (χ2v) is 6.21. The maximum atomic E-state index is 12.5. The lowest BCUT2D eigenvalue weighted by Crippen LogP contribution is -2.27. The summed E-state index contributed by atoms with van der Waals surface area (Å²) in [4.78, 5) is 14.9. The van der Waals surface area contributed by atoms with Crippen LogP contribution in [0.5, 0.6) is 0 Å². The normalized spacial score (nSPS) is 12.5. The van der Waals surface area contributed by atoms with Gasteiger partial charge in [-0.15, -0.1) is 0 Å². The molecule has 0 aliphatic rings. The summed E-state index contributed by atoms with van der Waals surface area (Å²) < 4.78 is 24.9. The molecule has 0 spiro atoms. The monoisotopic (exact) mass is 310 g/mol. The first-order valence-corrected chi connectivity index (χ1v) is 7.75. The third-order valence-corrected chi connectivity index (χ3v) is 4.55. The predicted molar refractivity (Wildman–Crippen MR) is 80.1 cm³/mol. The number of carbonyl (C=O) groups is 1. The maximum Gasteiger partial charge on any atom is 0.266 e. The van der Waals surface area contributed by atoms with E-state index >= 15 is 0 Å². The van der Waals surface area contributed by atoms with Crippen molar-refractivity contribution in [1.29, 1.82) is 0 Å². The topological polar surface area (TPSA) is 96.4 Å². The molecule has 0 unspecified atom stereocenters. The largest absolute Gasteiger partial charge is 0.511 e. The highest BCUT2D eigenvalue weighted by atomic mass is 32.2. The van der Waals surface area contributed by atoms with E-state index < -0.39 is 26.4 Å². The van der Waals surface area contributed by atoms with Gasteiger partial charge in [0.1, 0.15) is 5.76 Å². The van der Waals surface area contributed by atoms with Gasteiger partial charge in [0, 0.05) is 19.7 Å². The molecular formula is C14H18N2O4S. The SMILES string of the molecule is C=C(C)c1ccc(S(=O)(=O)/C(C(=O)NC)=C(\O)CC)nc1.